The van der Waals surface area contributed by atoms with E-state index in [1.54, 1.807) is 7.05 Å². The lowest BCUT2D eigenvalue weighted by atomic mass is 9.85. The Labute approximate surface area is 227 Å². The Bertz CT molecular complexity index is 1110. The van der Waals surface area contributed by atoms with Crippen LogP contribution in [0.2, 0.25) is 0 Å². The molecule has 0 spiro atoms. The van der Waals surface area contributed by atoms with E-state index in [4.69, 9.17) is 5.11 Å². The molecule has 1 saturated heterocycles. The molecule has 8 nitrogen and oxygen atoms in total. The molecule has 2 amide bonds. The average molecular weight is 522 g/mol. The first-order valence-electron chi connectivity index (χ1n) is 13.8. The maximum absolute atomic E-state index is 13.4. The molecule has 0 bridgehead atoms. The van der Waals surface area contributed by atoms with Gasteiger partial charge in [-0.15, -0.1) is 0 Å². The number of hydrogen-bond acceptors (Lipinski definition) is 5. The quantitative estimate of drug-likeness (QED) is 0.473. The first-order valence-corrected chi connectivity index (χ1v) is 13.8. The van der Waals surface area contributed by atoms with Crippen LogP contribution in [-0.4, -0.2) is 72.7 Å². The lowest BCUT2D eigenvalue weighted by Crippen LogP contribution is -2.48. The summed E-state index contributed by atoms with van der Waals surface area (Å²) in [4.78, 5) is 30.1. The minimum Gasteiger partial charge on any atom is -0.465 e. The molecule has 2 aromatic rings. The molecular weight excluding hydrogens is 478 g/mol. The van der Waals surface area contributed by atoms with Gasteiger partial charge in [0.15, 0.2) is 0 Å². The fourth-order valence-electron chi connectivity index (χ4n) is 5.69. The van der Waals surface area contributed by atoms with Gasteiger partial charge in [-0.1, -0.05) is 18.2 Å². The normalized spacial score (nSPS) is 22.1. The number of carbonyl (C=O) groups excluding carboxylic acids is 1. The highest BCUT2D eigenvalue weighted by Gasteiger charge is 2.29. The maximum Gasteiger partial charge on any atom is 0.407 e. The Morgan fingerprint density at radius 3 is 2.55 bits per heavy atom. The van der Waals surface area contributed by atoms with Crippen molar-refractivity contribution in [1.29, 1.82) is 0 Å². The van der Waals surface area contributed by atoms with Crippen molar-refractivity contribution in [2.75, 3.05) is 43.9 Å². The fourth-order valence-corrected chi connectivity index (χ4v) is 5.69. The molecule has 1 aliphatic heterocycles. The third-order valence-corrected chi connectivity index (χ3v) is 8.01. The van der Waals surface area contributed by atoms with Crippen LogP contribution in [0.4, 0.5) is 16.2 Å². The summed E-state index contributed by atoms with van der Waals surface area (Å²) in [6.07, 6.45) is 2.66. The van der Waals surface area contributed by atoms with Gasteiger partial charge in [-0.05, 0) is 80.5 Å². The predicted molar refractivity (Wildman–Crippen MR) is 153 cm³/mol. The number of rotatable bonds is 8. The van der Waals surface area contributed by atoms with Crippen molar-refractivity contribution >= 4 is 23.4 Å². The second kappa shape index (κ2) is 12.6. The predicted octanol–water partition coefficient (Wildman–Crippen LogP) is 4.53. The zero-order valence-electron chi connectivity index (χ0n) is 23.2. The molecule has 38 heavy (non-hydrogen) atoms. The van der Waals surface area contributed by atoms with E-state index in [1.165, 1.54) is 16.0 Å². The number of anilines is 2. The second-order valence-corrected chi connectivity index (χ2v) is 11.1. The molecule has 1 aliphatic carbocycles. The van der Waals surface area contributed by atoms with Gasteiger partial charge in [0, 0.05) is 76.2 Å². The van der Waals surface area contributed by atoms with Crippen LogP contribution in [0.3, 0.4) is 0 Å². The van der Waals surface area contributed by atoms with Crippen molar-refractivity contribution < 1.29 is 14.7 Å². The number of nitrogens with zero attached hydrogens (tertiary/aromatic N) is 3. The Morgan fingerprint density at radius 2 is 1.87 bits per heavy atom. The smallest absolute Gasteiger partial charge is 0.407 e. The van der Waals surface area contributed by atoms with Gasteiger partial charge in [-0.2, -0.15) is 0 Å². The molecule has 3 N–H and O–H groups in total. The van der Waals surface area contributed by atoms with Crippen LogP contribution in [0.5, 0.6) is 0 Å². The molecule has 2 aromatic carbocycles. The van der Waals surface area contributed by atoms with E-state index in [0.717, 1.165) is 68.8 Å². The average Bonchev–Trinajstić information content (AvgIpc) is 2.89. The van der Waals surface area contributed by atoms with Crippen LogP contribution < -0.4 is 15.5 Å². The standard InChI is InChI=1S/C30H43N5O3/c1-21-16-28(13-10-25(21)20-35-15-14-31-22(2)18-35)34(4)29(36)24-8-11-26(12-9-24)32-27-7-5-6-23(17-27)19-33(3)30(37)38/h5-7,10,13,16-17,22,24,26,31-32H,8-9,11-12,14-15,18-20H2,1-4H3,(H,37,38)/t22-,24?,26?/m0/s1. The highest BCUT2D eigenvalue weighted by molar-refractivity contribution is 5.94. The summed E-state index contributed by atoms with van der Waals surface area (Å²) in [5, 5.41) is 16.2. The summed E-state index contributed by atoms with van der Waals surface area (Å²) in [6, 6.07) is 15.2. The van der Waals surface area contributed by atoms with Gasteiger partial charge < -0.3 is 25.5 Å². The lowest BCUT2D eigenvalue weighted by Gasteiger charge is -2.33. The first-order chi connectivity index (χ1) is 18.2. The first kappa shape index (κ1) is 27.9. The largest absolute Gasteiger partial charge is 0.465 e. The van der Waals surface area contributed by atoms with Crippen LogP contribution in [0.25, 0.3) is 0 Å². The number of piperazine rings is 1. The molecule has 2 aliphatic rings. The maximum atomic E-state index is 13.4. The highest BCUT2D eigenvalue weighted by atomic mass is 16.4. The van der Waals surface area contributed by atoms with Crippen LogP contribution in [0.1, 0.15) is 49.3 Å². The Hall–Kier alpha value is -3.10. The number of amides is 2. The van der Waals surface area contributed by atoms with Gasteiger partial charge in [0.25, 0.3) is 0 Å². The summed E-state index contributed by atoms with van der Waals surface area (Å²) in [5.74, 6) is 0.237. The van der Waals surface area contributed by atoms with E-state index < -0.39 is 6.09 Å². The lowest BCUT2D eigenvalue weighted by molar-refractivity contribution is -0.123. The minimum absolute atomic E-state index is 0.0379. The topological polar surface area (TPSA) is 88.2 Å². The van der Waals surface area contributed by atoms with Crippen molar-refractivity contribution in [2.45, 2.75) is 64.7 Å². The summed E-state index contributed by atoms with van der Waals surface area (Å²) in [5.41, 5.74) is 5.48. The monoisotopic (exact) mass is 521 g/mol. The molecule has 1 saturated carbocycles. The minimum atomic E-state index is -0.938. The number of hydrogen-bond donors (Lipinski definition) is 3. The molecule has 1 heterocycles. The third kappa shape index (κ3) is 7.26. The summed E-state index contributed by atoms with van der Waals surface area (Å²) < 4.78 is 0. The van der Waals surface area contributed by atoms with Crippen LogP contribution in [0, 0.1) is 12.8 Å². The molecule has 1 atom stereocenters. The number of nitrogens with one attached hydrogen (secondary N) is 2. The Morgan fingerprint density at radius 1 is 1.11 bits per heavy atom. The summed E-state index contributed by atoms with van der Waals surface area (Å²) in [6.45, 7) is 8.84. The van der Waals surface area contributed by atoms with Crippen molar-refractivity contribution in [1.82, 2.24) is 15.1 Å². The Balaban J connectivity index is 1.28. The van der Waals surface area contributed by atoms with Crippen molar-refractivity contribution in [3.63, 3.8) is 0 Å². The number of carbonyl (C=O) groups is 2. The highest BCUT2D eigenvalue weighted by Crippen LogP contribution is 2.30. The molecule has 2 fully saturated rings. The fraction of sp³-hybridized carbons (Fsp3) is 0.533. The second-order valence-electron chi connectivity index (χ2n) is 11.1. The SMILES string of the molecule is Cc1cc(N(C)C(=O)C2CCC(Nc3cccc(CN(C)C(=O)O)c3)CC2)ccc1CN1CCN[C@@H](C)C1. The molecule has 0 unspecified atom stereocenters. The molecule has 0 radical (unpaired) electrons. The van der Waals surface area contributed by atoms with Crippen molar-refractivity contribution in [3.05, 3.63) is 59.2 Å². The van der Waals surface area contributed by atoms with E-state index in [-0.39, 0.29) is 11.8 Å². The number of aryl methyl sites for hydroxylation is 1. The molecule has 4 rings (SSSR count). The zero-order valence-corrected chi connectivity index (χ0v) is 23.2. The van der Waals surface area contributed by atoms with Gasteiger partial charge in [0.05, 0.1) is 0 Å². The van der Waals surface area contributed by atoms with Crippen molar-refractivity contribution in [3.8, 4) is 0 Å². The Kier molecular flexibility index (Phi) is 9.28. The van der Waals surface area contributed by atoms with Gasteiger partial charge >= 0.3 is 6.09 Å². The van der Waals surface area contributed by atoms with Gasteiger partial charge in [0.1, 0.15) is 0 Å². The van der Waals surface area contributed by atoms with E-state index in [1.807, 2.05) is 36.2 Å². The van der Waals surface area contributed by atoms with Gasteiger partial charge in [-0.25, -0.2) is 4.79 Å². The van der Waals surface area contributed by atoms with Crippen molar-refractivity contribution in [2.24, 2.45) is 5.92 Å². The number of benzene rings is 2. The zero-order chi connectivity index (χ0) is 27.2. The third-order valence-electron chi connectivity index (χ3n) is 8.01. The number of carboxylic acid groups (broad SMARTS) is 1. The molecular formula is C30H43N5O3. The van der Waals surface area contributed by atoms with Crippen LogP contribution in [0.15, 0.2) is 42.5 Å². The van der Waals surface area contributed by atoms with Gasteiger partial charge in [-0.3, -0.25) is 9.69 Å². The van der Waals surface area contributed by atoms with Crippen LogP contribution >= 0.6 is 0 Å². The van der Waals surface area contributed by atoms with E-state index >= 15 is 0 Å². The van der Waals surface area contributed by atoms with E-state index in [0.29, 0.717) is 18.6 Å². The van der Waals surface area contributed by atoms with E-state index in [2.05, 4.69) is 47.6 Å². The van der Waals surface area contributed by atoms with Crippen LogP contribution in [-0.2, 0) is 17.9 Å². The molecule has 8 heteroatoms. The summed E-state index contributed by atoms with van der Waals surface area (Å²) >= 11 is 0. The molecule has 0 aromatic heterocycles. The van der Waals surface area contributed by atoms with Gasteiger partial charge in [0.2, 0.25) is 5.91 Å². The summed E-state index contributed by atoms with van der Waals surface area (Å²) in [7, 11) is 3.47. The molecule has 206 valence electrons. The van der Waals surface area contributed by atoms with E-state index in [9.17, 15) is 9.59 Å².